The molecule has 0 atom stereocenters. The molecule has 0 fully saturated rings. The first-order valence-electron chi connectivity index (χ1n) is 7.85. The molecule has 3 rings (SSSR count). The molecule has 0 amide bonds. The number of ketones is 1. The Bertz CT molecular complexity index is 915. The first-order valence-corrected chi connectivity index (χ1v) is 8.60. The topological polar surface area (TPSA) is 43.4 Å². The van der Waals surface area contributed by atoms with Crippen LogP contribution in [0.2, 0.25) is 10.0 Å². The average Bonchev–Trinajstić information content (AvgIpc) is 2.66. The van der Waals surface area contributed by atoms with Crippen molar-refractivity contribution >= 4 is 35.0 Å². The first-order chi connectivity index (χ1) is 12.5. The van der Waals surface area contributed by atoms with Crippen molar-refractivity contribution in [2.45, 2.75) is 0 Å². The lowest BCUT2D eigenvalue weighted by Gasteiger charge is -2.06. The number of rotatable bonds is 5. The maximum Gasteiger partial charge on any atom is 0.338 e. The summed E-state index contributed by atoms with van der Waals surface area (Å²) in [6.07, 6.45) is 0. The van der Waals surface area contributed by atoms with Gasteiger partial charge in [0.1, 0.15) is 0 Å². The van der Waals surface area contributed by atoms with Crippen LogP contribution in [-0.4, -0.2) is 18.4 Å². The molecule has 0 heterocycles. The van der Waals surface area contributed by atoms with Crippen molar-refractivity contribution in [2.24, 2.45) is 0 Å². The minimum absolute atomic E-state index is 0.203. The lowest BCUT2D eigenvalue weighted by molar-refractivity contribution is 0.0475. The summed E-state index contributed by atoms with van der Waals surface area (Å²) in [5.41, 5.74) is 2.75. The van der Waals surface area contributed by atoms with Crippen LogP contribution in [-0.2, 0) is 4.74 Å². The van der Waals surface area contributed by atoms with Crippen molar-refractivity contribution in [3.8, 4) is 11.1 Å². The van der Waals surface area contributed by atoms with Gasteiger partial charge in [0, 0.05) is 15.6 Å². The fourth-order valence-electron chi connectivity index (χ4n) is 2.45. The summed E-state index contributed by atoms with van der Waals surface area (Å²) in [5, 5.41) is 0.652. The lowest BCUT2D eigenvalue weighted by Crippen LogP contribution is -2.14. The molecule has 0 aliphatic carbocycles. The Morgan fingerprint density at radius 1 is 0.731 bits per heavy atom. The highest BCUT2D eigenvalue weighted by atomic mass is 35.5. The van der Waals surface area contributed by atoms with Gasteiger partial charge < -0.3 is 4.74 Å². The van der Waals surface area contributed by atoms with Gasteiger partial charge >= 0.3 is 5.97 Å². The normalized spacial score (nSPS) is 10.4. The van der Waals surface area contributed by atoms with E-state index in [2.05, 4.69) is 0 Å². The fourth-order valence-corrected chi connectivity index (χ4v) is 2.97. The van der Waals surface area contributed by atoms with Crippen LogP contribution in [0.15, 0.2) is 72.8 Å². The Labute approximate surface area is 161 Å². The third-order valence-electron chi connectivity index (χ3n) is 3.75. The van der Waals surface area contributed by atoms with E-state index in [4.69, 9.17) is 27.9 Å². The molecule has 0 saturated carbocycles. The number of ether oxygens (including phenoxy) is 1. The summed E-state index contributed by atoms with van der Waals surface area (Å²) >= 11 is 11.7. The molecule has 0 spiro atoms. The van der Waals surface area contributed by atoms with E-state index >= 15 is 0 Å². The summed E-state index contributed by atoms with van der Waals surface area (Å²) in [5.74, 6) is -0.935. The van der Waals surface area contributed by atoms with Crippen molar-refractivity contribution in [1.82, 2.24) is 0 Å². The van der Waals surface area contributed by atoms with Crippen molar-refractivity contribution < 1.29 is 14.3 Å². The third-order valence-corrected chi connectivity index (χ3v) is 4.18. The van der Waals surface area contributed by atoms with Gasteiger partial charge in [-0.2, -0.15) is 0 Å². The Kier molecular flexibility index (Phi) is 5.71. The fraction of sp³-hybridized carbons (Fsp3) is 0.0476. The SMILES string of the molecule is O=C(COC(=O)c1cc(Cl)cc(Cl)c1)c1ccc(-c2ccccc2)cc1. The number of esters is 1. The predicted octanol–water partition coefficient (Wildman–Crippen LogP) is 5.70. The summed E-state index contributed by atoms with van der Waals surface area (Å²) in [6, 6.07) is 21.4. The van der Waals surface area contributed by atoms with Crippen LogP contribution in [0, 0.1) is 0 Å². The highest BCUT2D eigenvalue weighted by molar-refractivity contribution is 6.35. The van der Waals surface area contributed by atoms with Crippen LogP contribution in [0.4, 0.5) is 0 Å². The molecule has 5 heteroatoms. The van der Waals surface area contributed by atoms with Crippen LogP contribution in [0.25, 0.3) is 11.1 Å². The molecule has 3 aromatic rings. The predicted molar refractivity (Wildman–Crippen MR) is 103 cm³/mol. The zero-order chi connectivity index (χ0) is 18.5. The van der Waals surface area contributed by atoms with Gasteiger partial charge in [0.2, 0.25) is 0 Å². The first kappa shape index (κ1) is 18.2. The van der Waals surface area contributed by atoms with Crippen LogP contribution in [0.1, 0.15) is 20.7 Å². The van der Waals surface area contributed by atoms with Crippen molar-refractivity contribution in [3.05, 3.63) is 94.0 Å². The van der Waals surface area contributed by atoms with Crippen LogP contribution < -0.4 is 0 Å². The smallest absolute Gasteiger partial charge is 0.338 e. The minimum Gasteiger partial charge on any atom is -0.454 e. The van der Waals surface area contributed by atoms with E-state index < -0.39 is 5.97 Å². The molecule has 0 aliphatic heterocycles. The second-order valence-corrected chi connectivity index (χ2v) is 6.47. The van der Waals surface area contributed by atoms with E-state index in [1.165, 1.54) is 18.2 Å². The monoisotopic (exact) mass is 384 g/mol. The zero-order valence-corrected chi connectivity index (χ0v) is 15.1. The molecular weight excluding hydrogens is 371 g/mol. The van der Waals surface area contributed by atoms with E-state index in [1.54, 1.807) is 12.1 Å². The summed E-state index contributed by atoms with van der Waals surface area (Å²) in [7, 11) is 0. The molecule has 0 saturated heterocycles. The van der Waals surface area contributed by atoms with Gasteiger partial charge in [-0.25, -0.2) is 4.79 Å². The number of carbonyl (C=O) groups excluding carboxylic acids is 2. The van der Waals surface area contributed by atoms with E-state index in [9.17, 15) is 9.59 Å². The number of Topliss-reactive ketones (excluding diaryl/α,β-unsaturated/α-hetero) is 1. The van der Waals surface area contributed by atoms with Gasteiger partial charge in [0.05, 0.1) is 5.56 Å². The molecule has 26 heavy (non-hydrogen) atoms. The maximum atomic E-state index is 12.2. The number of benzene rings is 3. The second kappa shape index (κ2) is 8.17. The Hall–Kier alpha value is -2.62. The Morgan fingerprint density at radius 2 is 1.31 bits per heavy atom. The lowest BCUT2D eigenvalue weighted by atomic mass is 10.0. The van der Waals surface area contributed by atoms with Gasteiger partial charge in [-0.15, -0.1) is 0 Å². The van der Waals surface area contributed by atoms with Crippen LogP contribution >= 0.6 is 23.2 Å². The highest BCUT2D eigenvalue weighted by Crippen LogP contribution is 2.21. The van der Waals surface area contributed by atoms with Crippen molar-refractivity contribution in [1.29, 1.82) is 0 Å². The molecule has 0 N–H and O–H groups in total. The van der Waals surface area contributed by atoms with E-state index in [0.717, 1.165) is 11.1 Å². The molecule has 130 valence electrons. The average molecular weight is 385 g/mol. The quantitative estimate of drug-likeness (QED) is 0.418. The number of hydrogen-bond acceptors (Lipinski definition) is 3. The zero-order valence-electron chi connectivity index (χ0n) is 13.6. The molecule has 0 unspecified atom stereocenters. The molecule has 0 aliphatic rings. The molecule has 0 aromatic heterocycles. The van der Waals surface area contributed by atoms with Crippen LogP contribution in [0.5, 0.6) is 0 Å². The van der Waals surface area contributed by atoms with Gasteiger partial charge in [-0.3, -0.25) is 4.79 Å². The molecular formula is C21H14Cl2O3. The molecule has 3 nitrogen and oxygen atoms in total. The Balaban J connectivity index is 1.64. The molecule has 3 aromatic carbocycles. The van der Waals surface area contributed by atoms with E-state index in [1.807, 2.05) is 42.5 Å². The number of carbonyl (C=O) groups is 2. The second-order valence-electron chi connectivity index (χ2n) is 5.60. The maximum absolute atomic E-state index is 12.2. The van der Waals surface area contributed by atoms with Gasteiger partial charge in [0.15, 0.2) is 12.4 Å². The largest absolute Gasteiger partial charge is 0.454 e. The number of halogens is 2. The standard InChI is InChI=1S/C21H14Cl2O3/c22-18-10-17(11-19(23)12-18)21(25)26-13-20(24)16-8-6-15(7-9-16)14-4-2-1-3-5-14/h1-12H,13H2. The van der Waals surface area contributed by atoms with Crippen molar-refractivity contribution in [2.75, 3.05) is 6.61 Å². The van der Waals surface area contributed by atoms with Crippen molar-refractivity contribution in [3.63, 3.8) is 0 Å². The molecule has 0 bridgehead atoms. The van der Waals surface area contributed by atoms with Gasteiger partial charge in [-0.05, 0) is 29.3 Å². The van der Waals surface area contributed by atoms with Gasteiger partial charge in [-0.1, -0.05) is 77.8 Å². The number of hydrogen-bond donors (Lipinski definition) is 0. The third kappa shape index (κ3) is 4.51. The molecule has 0 radical (unpaired) electrons. The van der Waals surface area contributed by atoms with E-state index in [-0.39, 0.29) is 18.0 Å². The highest BCUT2D eigenvalue weighted by Gasteiger charge is 2.13. The summed E-state index contributed by atoms with van der Waals surface area (Å²) in [4.78, 5) is 24.3. The van der Waals surface area contributed by atoms with E-state index in [0.29, 0.717) is 15.6 Å². The Morgan fingerprint density at radius 3 is 1.92 bits per heavy atom. The summed E-state index contributed by atoms with van der Waals surface area (Å²) in [6.45, 7) is -0.354. The van der Waals surface area contributed by atoms with Gasteiger partial charge in [0.25, 0.3) is 0 Å². The van der Waals surface area contributed by atoms with Crippen LogP contribution in [0.3, 0.4) is 0 Å². The minimum atomic E-state index is -0.649. The summed E-state index contributed by atoms with van der Waals surface area (Å²) < 4.78 is 5.06.